The molecule has 46 heavy (non-hydrogen) atoms. The zero-order valence-electron chi connectivity index (χ0n) is 25.6. The first-order chi connectivity index (χ1) is 22.2. The van der Waals surface area contributed by atoms with Crippen LogP contribution in [0.5, 0.6) is 0 Å². The summed E-state index contributed by atoms with van der Waals surface area (Å²) in [7, 11) is 0. The molecule has 5 aromatic rings. The van der Waals surface area contributed by atoms with Crippen LogP contribution in [0, 0.1) is 11.6 Å². The molecule has 0 saturated carbocycles. The minimum Gasteiger partial charge on any atom is -0.350 e. The Hall–Kier alpha value is -5.33. The molecule has 6 heterocycles. The van der Waals surface area contributed by atoms with Gasteiger partial charge < -0.3 is 9.80 Å². The number of fused-ring (bicyclic) bond motifs is 6. The van der Waals surface area contributed by atoms with E-state index in [9.17, 15) is 9.59 Å². The number of rotatable bonds is 3. The summed E-state index contributed by atoms with van der Waals surface area (Å²) >= 11 is 0. The third-order valence-electron chi connectivity index (χ3n) is 8.72. The highest BCUT2D eigenvalue weighted by molar-refractivity contribution is 5.91. The van der Waals surface area contributed by atoms with Gasteiger partial charge in [-0.25, -0.2) is 27.8 Å². The van der Waals surface area contributed by atoms with Crippen LogP contribution >= 0.6 is 0 Å². The van der Waals surface area contributed by atoms with Crippen molar-refractivity contribution in [1.82, 2.24) is 39.4 Å². The van der Waals surface area contributed by atoms with E-state index in [-0.39, 0.29) is 58.9 Å². The molecule has 1 aromatic carbocycles. The average molecular weight is 624 g/mol. The van der Waals surface area contributed by atoms with Gasteiger partial charge in [0, 0.05) is 49.4 Å². The van der Waals surface area contributed by atoms with Crippen LogP contribution in [0.15, 0.2) is 60.2 Å². The first-order valence-electron chi connectivity index (χ1n) is 15.1. The number of amides is 1. The summed E-state index contributed by atoms with van der Waals surface area (Å²) in [6.07, 6.45) is 4.76. The number of pyridine rings is 2. The van der Waals surface area contributed by atoms with E-state index in [0.717, 1.165) is 0 Å². The van der Waals surface area contributed by atoms with Crippen LogP contribution in [-0.2, 0) is 17.8 Å². The van der Waals surface area contributed by atoms with Crippen molar-refractivity contribution in [3.05, 3.63) is 100 Å². The van der Waals surface area contributed by atoms with Gasteiger partial charge in [0.05, 0.1) is 35.2 Å². The summed E-state index contributed by atoms with van der Waals surface area (Å²) in [4.78, 5) is 44.2. The first kappa shape index (κ1) is 29.4. The molecule has 0 N–H and O–H groups in total. The van der Waals surface area contributed by atoms with Crippen LogP contribution in [0.4, 0.5) is 14.6 Å². The molecule has 1 saturated heterocycles. The van der Waals surface area contributed by atoms with Crippen molar-refractivity contribution in [2.24, 2.45) is 0 Å². The van der Waals surface area contributed by atoms with E-state index in [4.69, 9.17) is 4.98 Å². The minimum absolute atomic E-state index is 0.00648. The van der Waals surface area contributed by atoms with Gasteiger partial charge >= 0.3 is 5.69 Å². The van der Waals surface area contributed by atoms with Crippen LogP contribution in [0.2, 0.25) is 0 Å². The van der Waals surface area contributed by atoms with E-state index in [1.807, 2.05) is 25.7 Å². The van der Waals surface area contributed by atoms with Crippen molar-refractivity contribution < 1.29 is 13.6 Å². The maximum absolute atomic E-state index is 16.4. The molecule has 0 unspecified atom stereocenters. The lowest BCUT2D eigenvalue weighted by molar-refractivity contribution is -0.126. The standard InChI is InChI=1S/C33H31F2N9O2/c1-5-26(45)41-11-12-42(19(4)16-41)31-23-14-25(35)29-27-20(7-6-8-24(27)34)13-22-15-37-40-43(22)17-21-9-10-36-28(18(2)3)30(21)44(32(23)38-29)33(46)39-31/h5-10,14-15,18-19H,1,11-13,16-17H2,2-4H3/t19-/m0/s1. The minimum atomic E-state index is -0.764. The fourth-order valence-electron chi connectivity index (χ4n) is 6.51. The quantitative estimate of drug-likeness (QED) is 0.272. The number of benzene rings is 1. The van der Waals surface area contributed by atoms with Gasteiger partial charge in [0.15, 0.2) is 5.65 Å². The molecule has 234 valence electrons. The van der Waals surface area contributed by atoms with E-state index in [1.54, 1.807) is 40.2 Å². The largest absolute Gasteiger partial charge is 0.355 e. The molecule has 11 nitrogen and oxygen atoms in total. The van der Waals surface area contributed by atoms with Crippen LogP contribution in [0.3, 0.4) is 0 Å². The molecular weight excluding hydrogens is 592 g/mol. The van der Waals surface area contributed by atoms with Crippen molar-refractivity contribution in [2.45, 2.75) is 45.7 Å². The second-order valence-electron chi connectivity index (χ2n) is 12.0. The van der Waals surface area contributed by atoms with Crippen LogP contribution in [0.25, 0.3) is 28.0 Å². The topological polar surface area (TPSA) is 115 Å². The highest BCUT2D eigenvalue weighted by atomic mass is 19.1. The summed E-state index contributed by atoms with van der Waals surface area (Å²) in [5.74, 6) is -1.49. The Kier molecular flexibility index (Phi) is 7.18. The smallest absolute Gasteiger partial charge is 0.350 e. The maximum atomic E-state index is 16.4. The fourth-order valence-corrected chi connectivity index (χ4v) is 6.51. The van der Waals surface area contributed by atoms with Gasteiger partial charge in [0.25, 0.3) is 0 Å². The number of carbonyl (C=O) groups excluding carboxylic acids is 1. The molecule has 0 spiro atoms. The zero-order chi connectivity index (χ0) is 32.3. The maximum Gasteiger partial charge on any atom is 0.355 e. The number of hydrogen-bond donors (Lipinski definition) is 0. The van der Waals surface area contributed by atoms with Crippen molar-refractivity contribution >= 4 is 22.8 Å². The van der Waals surface area contributed by atoms with E-state index >= 15 is 8.78 Å². The molecule has 2 aliphatic rings. The third kappa shape index (κ3) is 4.73. The van der Waals surface area contributed by atoms with Crippen molar-refractivity contribution in [2.75, 3.05) is 24.5 Å². The number of halogens is 2. The van der Waals surface area contributed by atoms with Gasteiger partial charge in [-0.15, -0.1) is 5.10 Å². The predicted octanol–water partition coefficient (Wildman–Crippen LogP) is 4.01. The summed E-state index contributed by atoms with van der Waals surface area (Å²) in [5.41, 5.74) is 2.18. The lowest BCUT2D eigenvalue weighted by atomic mass is 9.98. The van der Waals surface area contributed by atoms with Crippen molar-refractivity contribution in [3.63, 3.8) is 0 Å². The number of anilines is 1. The molecule has 13 heteroatoms. The molecule has 1 atom stereocenters. The second kappa shape index (κ2) is 11.2. The van der Waals surface area contributed by atoms with Crippen LogP contribution in [-0.4, -0.2) is 71.0 Å². The molecular formula is C33H31F2N9O2. The Morgan fingerprint density at radius 3 is 2.70 bits per heavy atom. The monoisotopic (exact) mass is 623 g/mol. The van der Waals surface area contributed by atoms with E-state index in [1.165, 1.54) is 22.8 Å². The van der Waals surface area contributed by atoms with Gasteiger partial charge in [0.2, 0.25) is 5.91 Å². The summed E-state index contributed by atoms with van der Waals surface area (Å²) in [6, 6.07) is 7.38. The highest BCUT2D eigenvalue weighted by Crippen LogP contribution is 2.36. The van der Waals surface area contributed by atoms with Gasteiger partial charge in [-0.2, -0.15) is 4.98 Å². The predicted molar refractivity (Wildman–Crippen MR) is 168 cm³/mol. The fraction of sp³-hybridized carbons (Fsp3) is 0.303. The number of nitrogens with zero attached hydrogens (tertiary/aromatic N) is 9. The molecule has 0 radical (unpaired) electrons. The Labute approximate surface area is 262 Å². The Morgan fingerprint density at radius 1 is 1.11 bits per heavy atom. The molecule has 1 amide bonds. The highest BCUT2D eigenvalue weighted by Gasteiger charge is 2.32. The molecule has 1 fully saturated rings. The SMILES string of the molecule is C=CC(=O)N1CCN(c2nc(=O)n3c4nc(c(F)cc24)-c2c(F)cccc2Cc2cnnn2Cc2ccnc(C(C)C)c2-3)[C@@H](C)C1. The zero-order valence-corrected chi connectivity index (χ0v) is 25.6. The number of piperazine rings is 1. The normalized spacial score (nSPS) is 16.1. The molecule has 0 aliphatic carbocycles. The van der Waals surface area contributed by atoms with E-state index in [2.05, 4.69) is 26.9 Å². The Morgan fingerprint density at radius 2 is 1.93 bits per heavy atom. The molecule has 2 aliphatic heterocycles. The average Bonchev–Trinajstić information content (AvgIpc) is 3.46. The number of aromatic nitrogens is 7. The number of hydrogen-bond acceptors (Lipinski definition) is 8. The third-order valence-corrected chi connectivity index (χ3v) is 8.72. The van der Waals surface area contributed by atoms with Gasteiger partial charge in [-0.3, -0.25) is 9.78 Å². The van der Waals surface area contributed by atoms with Gasteiger partial charge in [0.1, 0.15) is 23.1 Å². The van der Waals surface area contributed by atoms with Crippen molar-refractivity contribution in [3.8, 4) is 16.9 Å². The first-order valence-corrected chi connectivity index (χ1v) is 15.1. The van der Waals surface area contributed by atoms with E-state index < -0.39 is 17.3 Å². The lowest BCUT2D eigenvalue weighted by Crippen LogP contribution is -2.54. The van der Waals surface area contributed by atoms with E-state index in [0.29, 0.717) is 47.8 Å². The van der Waals surface area contributed by atoms with Crippen LogP contribution < -0.4 is 10.6 Å². The van der Waals surface area contributed by atoms with Gasteiger partial charge in [-0.1, -0.05) is 37.8 Å². The second-order valence-corrected chi connectivity index (χ2v) is 12.0. The Bertz CT molecular complexity index is 2110. The summed E-state index contributed by atoms with van der Waals surface area (Å²) < 4.78 is 35.1. The molecule has 4 aromatic heterocycles. The Balaban J connectivity index is 1.57. The lowest BCUT2D eigenvalue weighted by Gasteiger charge is -2.40. The summed E-state index contributed by atoms with van der Waals surface area (Å²) in [6.45, 7) is 10.7. The van der Waals surface area contributed by atoms with Crippen LogP contribution in [0.1, 0.15) is 49.2 Å². The van der Waals surface area contributed by atoms with Gasteiger partial charge in [-0.05, 0) is 42.7 Å². The molecule has 2 bridgehead atoms. The molecule has 7 rings (SSSR count). The summed E-state index contributed by atoms with van der Waals surface area (Å²) in [5, 5.41) is 8.68. The van der Waals surface area contributed by atoms with Crippen molar-refractivity contribution in [1.29, 1.82) is 0 Å². The number of carbonyl (C=O) groups is 1.